The summed E-state index contributed by atoms with van der Waals surface area (Å²) in [4.78, 5) is 14.7. The number of nitrogens with one attached hydrogen (secondary N) is 1. The van der Waals surface area contributed by atoms with E-state index in [2.05, 4.69) is 10.3 Å². The Hall–Kier alpha value is -1.59. The van der Waals surface area contributed by atoms with E-state index in [0.29, 0.717) is 12.5 Å². The number of carbonyl (C=O) groups is 1. The fraction of sp³-hybridized carbons (Fsp3) is 0.455. The molecule has 1 aliphatic rings. The van der Waals surface area contributed by atoms with Crippen LogP contribution >= 0.6 is 0 Å². The third kappa shape index (κ3) is 3.18. The van der Waals surface area contributed by atoms with Crippen molar-refractivity contribution in [2.45, 2.75) is 19.0 Å². The third-order valence-electron chi connectivity index (χ3n) is 2.56. The Kier molecular flexibility index (Phi) is 3.04. The zero-order valence-electron chi connectivity index (χ0n) is 8.92. The molecule has 1 amide bonds. The van der Waals surface area contributed by atoms with E-state index in [1.54, 1.807) is 0 Å². The first-order valence-corrected chi connectivity index (χ1v) is 5.28. The largest absolute Gasteiger partial charge is 0.433 e. The number of hydrogen-bond acceptors (Lipinski definition) is 2. The molecule has 0 saturated heterocycles. The molecule has 6 heteroatoms. The van der Waals surface area contributed by atoms with E-state index >= 15 is 0 Å². The van der Waals surface area contributed by atoms with Crippen molar-refractivity contribution in [1.29, 1.82) is 0 Å². The topological polar surface area (TPSA) is 42.0 Å². The smallest absolute Gasteiger partial charge is 0.352 e. The van der Waals surface area contributed by atoms with Crippen LogP contribution in [0, 0.1) is 5.92 Å². The molecule has 2 rings (SSSR count). The second-order valence-electron chi connectivity index (χ2n) is 4.08. The maximum atomic E-state index is 12.2. The predicted molar refractivity (Wildman–Crippen MR) is 54.3 cm³/mol. The SMILES string of the molecule is O=C(NCC1CC1)c1ccc(C(F)(F)F)nc1. The highest BCUT2D eigenvalue weighted by Gasteiger charge is 2.32. The van der Waals surface area contributed by atoms with Gasteiger partial charge in [-0.3, -0.25) is 9.78 Å². The van der Waals surface area contributed by atoms with Gasteiger partial charge in [0.15, 0.2) is 0 Å². The number of aromatic nitrogens is 1. The van der Waals surface area contributed by atoms with Crippen molar-refractivity contribution in [2.24, 2.45) is 5.92 Å². The zero-order valence-corrected chi connectivity index (χ0v) is 8.92. The van der Waals surface area contributed by atoms with Gasteiger partial charge in [0.25, 0.3) is 5.91 Å². The predicted octanol–water partition coefficient (Wildman–Crippen LogP) is 2.24. The molecule has 92 valence electrons. The molecule has 0 spiro atoms. The van der Waals surface area contributed by atoms with Gasteiger partial charge in [0.05, 0.1) is 5.56 Å². The van der Waals surface area contributed by atoms with Gasteiger partial charge in [-0.25, -0.2) is 0 Å². The highest BCUT2D eigenvalue weighted by atomic mass is 19.4. The second-order valence-corrected chi connectivity index (χ2v) is 4.08. The number of rotatable bonds is 3. The van der Waals surface area contributed by atoms with Gasteiger partial charge in [-0.05, 0) is 30.9 Å². The van der Waals surface area contributed by atoms with E-state index in [1.165, 1.54) is 0 Å². The molecule has 1 fully saturated rings. The Bertz CT molecular complexity index is 410. The van der Waals surface area contributed by atoms with Gasteiger partial charge in [0, 0.05) is 12.7 Å². The minimum atomic E-state index is -4.47. The molecule has 0 aromatic carbocycles. The van der Waals surface area contributed by atoms with Crippen molar-refractivity contribution < 1.29 is 18.0 Å². The van der Waals surface area contributed by atoms with Crippen molar-refractivity contribution in [1.82, 2.24) is 10.3 Å². The highest BCUT2D eigenvalue weighted by molar-refractivity contribution is 5.93. The van der Waals surface area contributed by atoms with Crippen LogP contribution in [0.1, 0.15) is 28.9 Å². The van der Waals surface area contributed by atoms with Gasteiger partial charge in [0.1, 0.15) is 5.69 Å². The van der Waals surface area contributed by atoms with E-state index < -0.39 is 11.9 Å². The van der Waals surface area contributed by atoms with Crippen LogP contribution in [0.5, 0.6) is 0 Å². The fourth-order valence-electron chi connectivity index (χ4n) is 1.36. The lowest BCUT2D eigenvalue weighted by molar-refractivity contribution is -0.141. The molecule has 17 heavy (non-hydrogen) atoms. The lowest BCUT2D eigenvalue weighted by atomic mass is 10.2. The minimum Gasteiger partial charge on any atom is -0.352 e. The van der Waals surface area contributed by atoms with Crippen molar-refractivity contribution in [3.8, 4) is 0 Å². The summed E-state index contributed by atoms with van der Waals surface area (Å²) in [6.07, 6.45) is -1.31. The summed E-state index contributed by atoms with van der Waals surface area (Å²) in [5.74, 6) is 0.152. The van der Waals surface area contributed by atoms with Gasteiger partial charge in [-0.15, -0.1) is 0 Å². The first kappa shape index (κ1) is 11.9. The van der Waals surface area contributed by atoms with Crippen LogP contribution < -0.4 is 5.32 Å². The van der Waals surface area contributed by atoms with Crippen molar-refractivity contribution >= 4 is 5.91 Å². The van der Waals surface area contributed by atoms with Crippen molar-refractivity contribution in [3.05, 3.63) is 29.6 Å². The molecule has 3 nitrogen and oxygen atoms in total. The Morgan fingerprint density at radius 1 is 1.41 bits per heavy atom. The van der Waals surface area contributed by atoms with Gasteiger partial charge in [0.2, 0.25) is 0 Å². The molecule has 1 aromatic rings. The number of hydrogen-bond donors (Lipinski definition) is 1. The van der Waals surface area contributed by atoms with Gasteiger partial charge >= 0.3 is 6.18 Å². The molecule has 1 aromatic heterocycles. The molecule has 0 bridgehead atoms. The van der Waals surface area contributed by atoms with Crippen LogP contribution in [-0.2, 0) is 6.18 Å². The van der Waals surface area contributed by atoms with E-state index in [0.717, 1.165) is 31.2 Å². The lowest BCUT2D eigenvalue weighted by Crippen LogP contribution is -2.25. The average Bonchev–Trinajstić information content (AvgIpc) is 3.09. The van der Waals surface area contributed by atoms with E-state index in [4.69, 9.17) is 0 Å². The Balaban J connectivity index is 1.98. The fourth-order valence-corrected chi connectivity index (χ4v) is 1.36. The second kappa shape index (κ2) is 4.35. The molecule has 1 aliphatic carbocycles. The van der Waals surface area contributed by atoms with E-state index in [9.17, 15) is 18.0 Å². The van der Waals surface area contributed by atoms with Gasteiger partial charge in [-0.2, -0.15) is 13.2 Å². The van der Waals surface area contributed by atoms with E-state index in [1.807, 2.05) is 0 Å². The molecule has 0 radical (unpaired) electrons. The first-order chi connectivity index (χ1) is 7.97. The standard InChI is InChI=1S/C11H11F3N2O/c12-11(13,14)9-4-3-8(6-15-9)10(17)16-5-7-1-2-7/h3-4,6-7H,1-2,5H2,(H,16,17). The Morgan fingerprint density at radius 3 is 2.59 bits per heavy atom. The average molecular weight is 244 g/mol. The van der Waals surface area contributed by atoms with Crippen molar-refractivity contribution in [2.75, 3.05) is 6.54 Å². The summed E-state index contributed by atoms with van der Waals surface area (Å²) in [7, 11) is 0. The zero-order chi connectivity index (χ0) is 12.5. The Labute approximate surface area is 96.0 Å². The maximum Gasteiger partial charge on any atom is 0.433 e. The van der Waals surface area contributed by atoms with Gasteiger partial charge in [-0.1, -0.05) is 0 Å². The maximum absolute atomic E-state index is 12.2. The van der Waals surface area contributed by atoms with Crippen LogP contribution in [-0.4, -0.2) is 17.4 Å². The number of halogens is 3. The van der Waals surface area contributed by atoms with Crippen LogP contribution in [0.15, 0.2) is 18.3 Å². The third-order valence-corrected chi connectivity index (χ3v) is 2.56. The van der Waals surface area contributed by atoms with Crippen LogP contribution in [0.25, 0.3) is 0 Å². The molecule has 0 aliphatic heterocycles. The number of amides is 1. The molecule has 1 saturated carbocycles. The number of nitrogens with zero attached hydrogens (tertiary/aromatic N) is 1. The lowest BCUT2D eigenvalue weighted by Gasteiger charge is -2.07. The molecule has 0 atom stereocenters. The van der Waals surface area contributed by atoms with E-state index in [-0.39, 0.29) is 11.5 Å². The molecular formula is C11H11F3N2O. The summed E-state index contributed by atoms with van der Waals surface area (Å²) >= 11 is 0. The molecule has 1 N–H and O–H groups in total. The highest BCUT2D eigenvalue weighted by Crippen LogP contribution is 2.28. The normalized spacial score (nSPS) is 15.7. The summed E-state index contributed by atoms with van der Waals surface area (Å²) in [6, 6.07) is 1.95. The monoisotopic (exact) mass is 244 g/mol. The van der Waals surface area contributed by atoms with Crippen molar-refractivity contribution in [3.63, 3.8) is 0 Å². The van der Waals surface area contributed by atoms with Gasteiger partial charge < -0.3 is 5.32 Å². The van der Waals surface area contributed by atoms with Crippen LogP contribution in [0.2, 0.25) is 0 Å². The first-order valence-electron chi connectivity index (χ1n) is 5.28. The van der Waals surface area contributed by atoms with Crippen LogP contribution in [0.3, 0.4) is 0 Å². The number of carbonyl (C=O) groups excluding carboxylic acids is 1. The molecular weight excluding hydrogens is 233 g/mol. The number of alkyl halides is 3. The molecule has 1 heterocycles. The summed E-state index contributed by atoms with van der Waals surface area (Å²) in [5.41, 5.74) is -0.838. The summed E-state index contributed by atoms with van der Waals surface area (Å²) < 4.78 is 36.7. The summed E-state index contributed by atoms with van der Waals surface area (Å²) in [6.45, 7) is 0.583. The summed E-state index contributed by atoms with van der Waals surface area (Å²) in [5, 5.41) is 2.66. The minimum absolute atomic E-state index is 0.152. The molecule has 0 unspecified atom stereocenters. The number of pyridine rings is 1. The Morgan fingerprint density at radius 2 is 2.12 bits per heavy atom. The quantitative estimate of drug-likeness (QED) is 0.886. The van der Waals surface area contributed by atoms with Crippen LogP contribution in [0.4, 0.5) is 13.2 Å².